The second kappa shape index (κ2) is 3.92. The lowest BCUT2D eigenvalue weighted by molar-refractivity contribution is 0.414. The second-order valence-corrected chi connectivity index (χ2v) is 3.77. The van der Waals surface area contributed by atoms with Gasteiger partial charge in [0, 0.05) is 5.92 Å². The van der Waals surface area contributed by atoms with Crippen molar-refractivity contribution in [3.8, 4) is 17.2 Å². The third-order valence-corrected chi connectivity index (χ3v) is 2.15. The van der Waals surface area contributed by atoms with Gasteiger partial charge in [0.15, 0.2) is 5.82 Å². The number of phenolic OH excluding ortho intramolecular Hbond substituents is 1. The molecule has 0 aliphatic heterocycles. The third-order valence-electron chi connectivity index (χ3n) is 2.15. The molecule has 0 atom stereocenters. The first-order valence-corrected chi connectivity index (χ1v) is 4.90. The van der Waals surface area contributed by atoms with Crippen molar-refractivity contribution in [2.24, 2.45) is 0 Å². The Bertz CT molecular complexity index is 508. The highest BCUT2D eigenvalue weighted by Gasteiger charge is 2.15. The van der Waals surface area contributed by atoms with E-state index >= 15 is 0 Å². The van der Waals surface area contributed by atoms with E-state index < -0.39 is 5.82 Å². The van der Waals surface area contributed by atoms with Crippen LogP contribution in [-0.4, -0.2) is 15.2 Å². The van der Waals surface area contributed by atoms with Gasteiger partial charge in [0.1, 0.15) is 11.6 Å². The molecule has 16 heavy (non-hydrogen) atoms. The molecule has 1 aromatic carbocycles. The van der Waals surface area contributed by atoms with Crippen LogP contribution in [0.5, 0.6) is 5.75 Å². The van der Waals surface area contributed by atoms with Crippen LogP contribution in [-0.2, 0) is 0 Å². The summed E-state index contributed by atoms with van der Waals surface area (Å²) in [4.78, 5) is 4.08. The van der Waals surface area contributed by atoms with Gasteiger partial charge in [-0.15, -0.1) is 0 Å². The highest BCUT2D eigenvalue weighted by atomic mass is 19.1. The summed E-state index contributed by atoms with van der Waals surface area (Å²) in [6.07, 6.45) is 0. The van der Waals surface area contributed by atoms with E-state index in [1.165, 1.54) is 12.1 Å². The molecule has 0 saturated carbocycles. The van der Waals surface area contributed by atoms with Crippen molar-refractivity contribution in [2.75, 3.05) is 0 Å². The molecule has 0 aliphatic rings. The van der Waals surface area contributed by atoms with Crippen LogP contribution in [0, 0.1) is 5.82 Å². The summed E-state index contributed by atoms with van der Waals surface area (Å²) in [5.74, 6) is 0.227. The average molecular weight is 222 g/mol. The lowest BCUT2D eigenvalue weighted by Crippen LogP contribution is -1.89. The van der Waals surface area contributed by atoms with Crippen molar-refractivity contribution in [2.45, 2.75) is 19.8 Å². The maximum Gasteiger partial charge on any atom is 0.261 e. The molecule has 0 spiro atoms. The van der Waals surface area contributed by atoms with Crippen LogP contribution in [0.25, 0.3) is 11.5 Å². The number of nitrogens with zero attached hydrogens (tertiary/aromatic N) is 2. The number of aromatic nitrogens is 2. The van der Waals surface area contributed by atoms with Gasteiger partial charge in [-0.2, -0.15) is 4.98 Å². The Balaban J connectivity index is 2.46. The van der Waals surface area contributed by atoms with Gasteiger partial charge in [-0.3, -0.25) is 0 Å². The SMILES string of the molecule is CC(C)c1noc(-c2cc(F)ccc2O)n1. The van der Waals surface area contributed by atoms with Crippen molar-refractivity contribution >= 4 is 0 Å². The van der Waals surface area contributed by atoms with Crippen LogP contribution in [0.2, 0.25) is 0 Å². The Morgan fingerprint density at radius 1 is 1.38 bits per heavy atom. The van der Waals surface area contributed by atoms with Crippen LogP contribution >= 0.6 is 0 Å². The monoisotopic (exact) mass is 222 g/mol. The van der Waals surface area contributed by atoms with E-state index in [0.717, 1.165) is 6.07 Å². The predicted octanol–water partition coefficient (Wildman–Crippen LogP) is 2.70. The van der Waals surface area contributed by atoms with Gasteiger partial charge < -0.3 is 9.63 Å². The minimum atomic E-state index is -0.461. The quantitative estimate of drug-likeness (QED) is 0.848. The molecule has 84 valence electrons. The number of rotatable bonds is 2. The highest BCUT2D eigenvalue weighted by molar-refractivity contribution is 5.61. The lowest BCUT2D eigenvalue weighted by Gasteiger charge is -1.98. The summed E-state index contributed by atoms with van der Waals surface area (Å²) in [6, 6.07) is 3.58. The zero-order chi connectivity index (χ0) is 11.7. The largest absolute Gasteiger partial charge is 0.507 e. The van der Waals surface area contributed by atoms with Crippen molar-refractivity contribution < 1.29 is 14.0 Å². The van der Waals surface area contributed by atoms with Crippen LogP contribution < -0.4 is 0 Å². The maximum atomic E-state index is 13.0. The molecule has 0 aliphatic carbocycles. The van der Waals surface area contributed by atoms with E-state index in [0.29, 0.717) is 5.82 Å². The zero-order valence-electron chi connectivity index (χ0n) is 8.94. The normalized spacial score (nSPS) is 11.0. The fraction of sp³-hybridized carbons (Fsp3) is 0.273. The van der Waals surface area contributed by atoms with Gasteiger partial charge in [0.2, 0.25) is 0 Å². The predicted molar refractivity (Wildman–Crippen MR) is 55.4 cm³/mol. The van der Waals surface area contributed by atoms with E-state index in [4.69, 9.17) is 4.52 Å². The smallest absolute Gasteiger partial charge is 0.261 e. The van der Waals surface area contributed by atoms with E-state index in [-0.39, 0.29) is 23.1 Å². The summed E-state index contributed by atoms with van der Waals surface area (Å²) in [5, 5.41) is 13.3. The minimum absolute atomic E-state index is 0.0830. The maximum absolute atomic E-state index is 13.0. The second-order valence-electron chi connectivity index (χ2n) is 3.77. The summed E-state index contributed by atoms with van der Waals surface area (Å²) >= 11 is 0. The van der Waals surface area contributed by atoms with Gasteiger partial charge in [0.25, 0.3) is 5.89 Å². The molecule has 1 N–H and O–H groups in total. The van der Waals surface area contributed by atoms with Crippen LogP contribution in [0.3, 0.4) is 0 Å². The van der Waals surface area contributed by atoms with Gasteiger partial charge in [0.05, 0.1) is 5.56 Å². The third kappa shape index (κ3) is 1.88. The summed E-state index contributed by atoms with van der Waals surface area (Å²) in [5.41, 5.74) is 0.208. The molecule has 0 fully saturated rings. The molecule has 0 saturated heterocycles. The Kier molecular flexibility index (Phi) is 2.60. The fourth-order valence-electron chi connectivity index (χ4n) is 1.26. The first kappa shape index (κ1) is 10.6. The van der Waals surface area contributed by atoms with Crippen LogP contribution in [0.4, 0.5) is 4.39 Å². The Labute approximate surface area is 91.7 Å². The first-order valence-electron chi connectivity index (χ1n) is 4.90. The molecular formula is C11H11FN2O2. The number of halogens is 1. The molecule has 4 nitrogen and oxygen atoms in total. The first-order chi connectivity index (χ1) is 7.58. The molecule has 5 heteroatoms. The molecule has 1 heterocycles. The average Bonchev–Trinajstić information content (AvgIpc) is 2.70. The van der Waals surface area contributed by atoms with Crippen molar-refractivity contribution in [3.05, 3.63) is 29.8 Å². The number of phenols is 1. The topological polar surface area (TPSA) is 59.2 Å². The van der Waals surface area contributed by atoms with E-state index in [1.54, 1.807) is 0 Å². The summed E-state index contributed by atoms with van der Waals surface area (Å²) in [6.45, 7) is 3.83. The number of hydrogen-bond donors (Lipinski definition) is 1. The molecule has 1 aromatic heterocycles. The van der Waals surface area contributed by atoms with E-state index in [2.05, 4.69) is 10.1 Å². The fourth-order valence-corrected chi connectivity index (χ4v) is 1.26. The van der Waals surface area contributed by atoms with Gasteiger partial charge in [-0.05, 0) is 18.2 Å². The summed E-state index contributed by atoms with van der Waals surface area (Å²) in [7, 11) is 0. The Morgan fingerprint density at radius 2 is 2.12 bits per heavy atom. The van der Waals surface area contributed by atoms with Crippen molar-refractivity contribution in [3.63, 3.8) is 0 Å². The number of benzene rings is 1. The standard InChI is InChI=1S/C11H11FN2O2/c1-6(2)10-13-11(16-14-10)8-5-7(12)3-4-9(8)15/h3-6,15H,1-2H3. The van der Waals surface area contributed by atoms with Crippen LogP contribution in [0.1, 0.15) is 25.6 Å². The zero-order valence-corrected chi connectivity index (χ0v) is 8.94. The Morgan fingerprint density at radius 3 is 2.75 bits per heavy atom. The van der Waals surface area contributed by atoms with E-state index in [9.17, 15) is 9.50 Å². The lowest BCUT2D eigenvalue weighted by atomic mass is 10.2. The Hall–Kier alpha value is -1.91. The molecule has 0 unspecified atom stereocenters. The molecular weight excluding hydrogens is 211 g/mol. The molecule has 2 rings (SSSR count). The number of aromatic hydroxyl groups is 1. The number of hydrogen-bond acceptors (Lipinski definition) is 4. The molecule has 0 radical (unpaired) electrons. The molecule has 2 aromatic rings. The molecule has 0 amide bonds. The van der Waals surface area contributed by atoms with Gasteiger partial charge >= 0.3 is 0 Å². The van der Waals surface area contributed by atoms with Gasteiger partial charge in [-0.25, -0.2) is 4.39 Å². The molecule has 0 bridgehead atoms. The van der Waals surface area contributed by atoms with Crippen molar-refractivity contribution in [1.82, 2.24) is 10.1 Å². The van der Waals surface area contributed by atoms with Crippen LogP contribution in [0.15, 0.2) is 22.7 Å². The summed E-state index contributed by atoms with van der Waals surface area (Å²) < 4.78 is 18.0. The minimum Gasteiger partial charge on any atom is -0.507 e. The van der Waals surface area contributed by atoms with E-state index in [1.807, 2.05) is 13.8 Å². The van der Waals surface area contributed by atoms with Crippen molar-refractivity contribution in [1.29, 1.82) is 0 Å². The highest BCUT2D eigenvalue weighted by Crippen LogP contribution is 2.29. The van der Waals surface area contributed by atoms with Gasteiger partial charge in [-0.1, -0.05) is 19.0 Å².